The van der Waals surface area contributed by atoms with Crippen molar-refractivity contribution >= 4 is 12.0 Å². The lowest BCUT2D eigenvalue weighted by Gasteiger charge is -2.36. The summed E-state index contributed by atoms with van der Waals surface area (Å²) in [5, 5.41) is 2.64. The number of esters is 1. The van der Waals surface area contributed by atoms with Crippen LogP contribution in [-0.2, 0) is 20.4 Å². The maximum absolute atomic E-state index is 13.1. The van der Waals surface area contributed by atoms with Crippen molar-refractivity contribution in [2.75, 3.05) is 20.3 Å². The lowest BCUT2D eigenvalue weighted by molar-refractivity contribution is -0.137. The molecule has 2 aliphatic rings. The van der Waals surface area contributed by atoms with E-state index in [9.17, 15) is 22.8 Å². The molecule has 6 nitrogen and oxygen atoms in total. The van der Waals surface area contributed by atoms with Gasteiger partial charge in [-0.3, -0.25) is 4.90 Å². The average molecular weight is 398 g/mol. The average Bonchev–Trinajstić information content (AvgIpc) is 3.17. The number of allylic oxidation sites excluding steroid dienone is 1. The van der Waals surface area contributed by atoms with E-state index in [-0.39, 0.29) is 23.8 Å². The first-order valence-corrected chi connectivity index (χ1v) is 8.88. The molecule has 28 heavy (non-hydrogen) atoms. The van der Waals surface area contributed by atoms with E-state index in [4.69, 9.17) is 9.47 Å². The van der Waals surface area contributed by atoms with Crippen LogP contribution in [0, 0.1) is 0 Å². The fraction of sp³-hybridized carbons (Fsp3) is 0.474. The highest BCUT2D eigenvalue weighted by Crippen LogP contribution is 2.35. The zero-order chi connectivity index (χ0) is 20.5. The van der Waals surface area contributed by atoms with Crippen molar-refractivity contribution in [2.24, 2.45) is 0 Å². The molecule has 0 aromatic heterocycles. The fourth-order valence-corrected chi connectivity index (χ4v) is 3.51. The highest BCUT2D eigenvalue weighted by molar-refractivity contribution is 5.95. The van der Waals surface area contributed by atoms with Crippen LogP contribution < -0.4 is 5.32 Å². The normalized spacial score (nSPS) is 23.0. The molecule has 2 atom stereocenters. The summed E-state index contributed by atoms with van der Waals surface area (Å²) in [7, 11) is 1.19. The minimum Gasteiger partial charge on any atom is -0.466 e. The fourth-order valence-electron chi connectivity index (χ4n) is 3.51. The maximum atomic E-state index is 13.1. The van der Waals surface area contributed by atoms with Crippen molar-refractivity contribution in [3.8, 4) is 0 Å². The summed E-state index contributed by atoms with van der Waals surface area (Å²) >= 11 is 0. The Kier molecular flexibility index (Phi) is 5.64. The highest BCUT2D eigenvalue weighted by atomic mass is 19.4. The van der Waals surface area contributed by atoms with Gasteiger partial charge in [-0.15, -0.1) is 0 Å². The standard InChI is InChI=1S/C19H21F3N2O4/c1-11-15(17(25)27-2)16(12-5-3-6-13(9-12)19(20,21)22)23-18(26)24(11)10-14-7-4-8-28-14/h3,5-6,9,14,16H,4,7-8,10H2,1-2H3,(H,23,26). The lowest BCUT2D eigenvalue weighted by atomic mass is 9.93. The maximum Gasteiger partial charge on any atom is 0.416 e. The molecule has 1 aromatic carbocycles. The van der Waals surface area contributed by atoms with Gasteiger partial charge in [0.25, 0.3) is 0 Å². The monoisotopic (exact) mass is 398 g/mol. The summed E-state index contributed by atoms with van der Waals surface area (Å²) in [5.74, 6) is -0.711. The molecule has 1 fully saturated rings. The Morgan fingerprint density at radius 1 is 1.39 bits per heavy atom. The van der Waals surface area contributed by atoms with Crippen molar-refractivity contribution in [3.05, 3.63) is 46.7 Å². The Hall–Kier alpha value is -2.55. The number of methoxy groups -OCH3 is 1. The molecular weight excluding hydrogens is 377 g/mol. The second kappa shape index (κ2) is 7.83. The highest BCUT2D eigenvalue weighted by Gasteiger charge is 2.38. The molecule has 0 bridgehead atoms. The first-order valence-electron chi connectivity index (χ1n) is 8.88. The second-order valence-electron chi connectivity index (χ2n) is 6.74. The van der Waals surface area contributed by atoms with E-state index >= 15 is 0 Å². The van der Waals surface area contributed by atoms with Crippen LogP contribution in [0.1, 0.15) is 36.9 Å². The summed E-state index contributed by atoms with van der Waals surface area (Å²) in [5.41, 5.74) is -0.268. The van der Waals surface area contributed by atoms with Gasteiger partial charge in [-0.25, -0.2) is 9.59 Å². The largest absolute Gasteiger partial charge is 0.466 e. The Labute approximate surface area is 160 Å². The molecule has 9 heteroatoms. The van der Waals surface area contributed by atoms with Crippen LogP contribution in [0.2, 0.25) is 0 Å². The Bertz CT molecular complexity index is 801. The molecule has 1 aromatic rings. The molecule has 3 rings (SSSR count). The number of benzene rings is 1. The van der Waals surface area contributed by atoms with Gasteiger partial charge in [-0.1, -0.05) is 12.1 Å². The number of urea groups is 1. The number of hydrogen-bond donors (Lipinski definition) is 1. The van der Waals surface area contributed by atoms with E-state index in [1.807, 2.05) is 0 Å². The number of hydrogen-bond acceptors (Lipinski definition) is 4. The summed E-state index contributed by atoms with van der Waals surface area (Å²) < 4.78 is 49.6. The number of carbonyl (C=O) groups is 2. The third-order valence-corrected chi connectivity index (χ3v) is 4.96. The summed E-state index contributed by atoms with van der Waals surface area (Å²) in [6, 6.07) is 3.01. The molecule has 2 aliphatic heterocycles. The number of amides is 2. The number of ether oxygens (including phenoxy) is 2. The van der Waals surface area contributed by atoms with Crippen LogP contribution in [0.5, 0.6) is 0 Å². The summed E-state index contributed by atoms with van der Waals surface area (Å²) in [6.07, 6.45) is -3.00. The predicted octanol–water partition coefficient (Wildman–Crippen LogP) is 3.40. The van der Waals surface area contributed by atoms with Crippen LogP contribution in [0.4, 0.5) is 18.0 Å². The van der Waals surface area contributed by atoms with Crippen molar-refractivity contribution in [1.29, 1.82) is 0 Å². The smallest absolute Gasteiger partial charge is 0.416 e. The lowest BCUT2D eigenvalue weighted by Crippen LogP contribution is -2.50. The van der Waals surface area contributed by atoms with Gasteiger partial charge in [0.05, 0.1) is 36.9 Å². The van der Waals surface area contributed by atoms with Crippen LogP contribution in [-0.4, -0.2) is 43.3 Å². The molecule has 152 valence electrons. The molecule has 0 spiro atoms. The quantitative estimate of drug-likeness (QED) is 0.790. The molecule has 0 aliphatic carbocycles. The number of alkyl halides is 3. The van der Waals surface area contributed by atoms with E-state index < -0.39 is 29.8 Å². The van der Waals surface area contributed by atoms with E-state index in [1.165, 1.54) is 24.1 Å². The minimum absolute atomic E-state index is 0.0967. The zero-order valence-corrected chi connectivity index (χ0v) is 15.5. The Morgan fingerprint density at radius 2 is 2.14 bits per heavy atom. The van der Waals surface area contributed by atoms with E-state index in [0.717, 1.165) is 25.0 Å². The van der Waals surface area contributed by atoms with Gasteiger partial charge < -0.3 is 14.8 Å². The van der Waals surface area contributed by atoms with Crippen LogP contribution in [0.15, 0.2) is 35.5 Å². The van der Waals surface area contributed by atoms with Crippen LogP contribution in [0.3, 0.4) is 0 Å². The first-order chi connectivity index (χ1) is 13.2. The molecule has 0 saturated carbocycles. The minimum atomic E-state index is -4.54. The predicted molar refractivity (Wildman–Crippen MR) is 93.1 cm³/mol. The number of nitrogens with zero attached hydrogens (tertiary/aromatic N) is 1. The molecule has 2 heterocycles. The molecular formula is C19H21F3N2O4. The van der Waals surface area contributed by atoms with E-state index in [2.05, 4.69) is 5.32 Å². The van der Waals surface area contributed by atoms with Gasteiger partial charge in [-0.2, -0.15) is 13.2 Å². The van der Waals surface area contributed by atoms with Gasteiger partial charge in [0, 0.05) is 12.3 Å². The Balaban J connectivity index is 2.00. The van der Waals surface area contributed by atoms with Gasteiger partial charge in [0.2, 0.25) is 0 Å². The number of halogens is 3. The number of nitrogens with one attached hydrogen (secondary N) is 1. The molecule has 1 N–H and O–H groups in total. The topological polar surface area (TPSA) is 67.9 Å². The van der Waals surface area contributed by atoms with Gasteiger partial charge >= 0.3 is 18.2 Å². The van der Waals surface area contributed by atoms with Gasteiger partial charge in [-0.05, 0) is 37.5 Å². The number of carbonyl (C=O) groups excluding carboxylic acids is 2. The van der Waals surface area contributed by atoms with Crippen molar-refractivity contribution in [1.82, 2.24) is 10.2 Å². The molecule has 2 unspecified atom stereocenters. The van der Waals surface area contributed by atoms with E-state index in [0.29, 0.717) is 12.3 Å². The van der Waals surface area contributed by atoms with Crippen molar-refractivity contribution in [2.45, 2.75) is 38.1 Å². The SMILES string of the molecule is COC(=O)C1=C(C)N(CC2CCCO2)C(=O)NC1c1cccc(C(F)(F)F)c1. The summed E-state index contributed by atoms with van der Waals surface area (Å²) in [4.78, 5) is 26.5. The second-order valence-corrected chi connectivity index (χ2v) is 6.74. The Morgan fingerprint density at radius 3 is 2.75 bits per heavy atom. The number of rotatable bonds is 4. The molecule has 0 radical (unpaired) electrons. The van der Waals surface area contributed by atoms with Gasteiger partial charge in [0.15, 0.2) is 0 Å². The van der Waals surface area contributed by atoms with Gasteiger partial charge in [0.1, 0.15) is 0 Å². The molecule has 1 saturated heterocycles. The molecule has 2 amide bonds. The van der Waals surface area contributed by atoms with E-state index in [1.54, 1.807) is 6.92 Å². The van der Waals surface area contributed by atoms with Crippen LogP contribution >= 0.6 is 0 Å². The summed E-state index contributed by atoms with van der Waals surface area (Å²) in [6.45, 7) is 2.45. The van der Waals surface area contributed by atoms with Crippen molar-refractivity contribution < 1.29 is 32.2 Å². The third-order valence-electron chi connectivity index (χ3n) is 4.96. The first kappa shape index (κ1) is 20.2. The van der Waals surface area contributed by atoms with Crippen molar-refractivity contribution in [3.63, 3.8) is 0 Å². The third kappa shape index (κ3) is 3.99. The van der Waals surface area contributed by atoms with Crippen LogP contribution in [0.25, 0.3) is 0 Å². The zero-order valence-electron chi connectivity index (χ0n) is 15.5.